The number of guanidine groups is 1. The van der Waals surface area contributed by atoms with Gasteiger partial charge in [0.05, 0.1) is 0 Å². The van der Waals surface area contributed by atoms with Gasteiger partial charge in [-0.3, -0.25) is 0 Å². The first-order valence-corrected chi connectivity index (χ1v) is 8.05. The van der Waals surface area contributed by atoms with Crippen molar-refractivity contribution in [3.63, 3.8) is 0 Å². The summed E-state index contributed by atoms with van der Waals surface area (Å²) < 4.78 is 2.19. The molecule has 1 heterocycles. The van der Waals surface area contributed by atoms with Crippen molar-refractivity contribution in [3.8, 4) is 0 Å². The number of nitrogens with zero attached hydrogens (tertiary/aromatic N) is 3. The molecule has 0 fully saturated rings. The monoisotopic (exact) mass is 293 g/mol. The Kier molecular flexibility index (Phi) is 7.87. The smallest absolute Gasteiger partial charge is 0.191 e. The Hall–Kier alpha value is -1.52. The highest BCUT2D eigenvalue weighted by Gasteiger charge is 2.05. The first-order valence-electron chi connectivity index (χ1n) is 8.05. The van der Waals surface area contributed by atoms with Gasteiger partial charge in [0, 0.05) is 32.0 Å². The lowest BCUT2D eigenvalue weighted by molar-refractivity contribution is 0.507. The first kappa shape index (κ1) is 17.5. The van der Waals surface area contributed by atoms with Crippen LogP contribution >= 0.6 is 0 Å². The van der Waals surface area contributed by atoms with E-state index in [-0.39, 0.29) is 0 Å². The van der Waals surface area contributed by atoms with Crippen LogP contribution in [0.15, 0.2) is 17.4 Å². The Balaban J connectivity index is 2.58. The predicted molar refractivity (Wildman–Crippen MR) is 89.3 cm³/mol. The van der Waals surface area contributed by atoms with Crippen LogP contribution in [0.25, 0.3) is 0 Å². The molecular formula is C16H31N5. The Labute approximate surface area is 129 Å². The van der Waals surface area contributed by atoms with E-state index in [0.717, 1.165) is 37.8 Å². The van der Waals surface area contributed by atoms with Crippen molar-refractivity contribution in [1.82, 2.24) is 20.2 Å². The molecule has 0 saturated carbocycles. The molecular weight excluding hydrogens is 262 g/mol. The summed E-state index contributed by atoms with van der Waals surface area (Å²) in [5, 5.41) is 6.66. The third kappa shape index (κ3) is 7.16. The van der Waals surface area contributed by atoms with Crippen LogP contribution in [0.4, 0.5) is 0 Å². The van der Waals surface area contributed by atoms with Gasteiger partial charge in [-0.2, -0.15) is 0 Å². The topological polar surface area (TPSA) is 54.2 Å². The lowest BCUT2D eigenvalue weighted by Gasteiger charge is -2.13. The number of rotatable bonds is 8. The highest BCUT2D eigenvalue weighted by atomic mass is 15.2. The van der Waals surface area contributed by atoms with E-state index >= 15 is 0 Å². The van der Waals surface area contributed by atoms with Crippen molar-refractivity contribution in [1.29, 1.82) is 0 Å². The zero-order valence-corrected chi connectivity index (χ0v) is 14.2. The molecule has 0 aliphatic carbocycles. The molecule has 120 valence electrons. The summed E-state index contributed by atoms with van der Waals surface area (Å²) >= 11 is 0. The van der Waals surface area contributed by atoms with E-state index in [1.165, 1.54) is 0 Å². The molecule has 0 spiro atoms. The van der Waals surface area contributed by atoms with E-state index in [1.807, 2.05) is 12.4 Å². The molecule has 0 unspecified atom stereocenters. The lowest BCUT2D eigenvalue weighted by atomic mass is 10.1. The van der Waals surface area contributed by atoms with E-state index in [2.05, 4.69) is 59.8 Å². The zero-order chi connectivity index (χ0) is 15.7. The van der Waals surface area contributed by atoms with Crippen LogP contribution in [-0.4, -0.2) is 28.6 Å². The number of nitrogens with one attached hydrogen (secondary N) is 2. The standard InChI is InChI=1S/C16H31N5/c1-6-17-16(19-8-7-13(2)3)20-11-15-18-9-10-21(15)12-14(4)5/h9-10,13-14H,6-8,11-12H2,1-5H3,(H2,17,19,20). The summed E-state index contributed by atoms with van der Waals surface area (Å²) in [6.07, 6.45) is 5.03. The summed E-state index contributed by atoms with van der Waals surface area (Å²) in [5.41, 5.74) is 0. The minimum atomic E-state index is 0.608. The second-order valence-electron chi connectivity index (χ2n) is 6.19. The van der Waals surface area contributed by atoms with Crippen LogP contribution in [-0.2, 0) is 13.1 Å². The number of aliphatic imine (C=N–C) groups is 1. The van der Waals surface area contributed by atoms with Crippen molar-refractivity contribution >= 4 is 5.96 Å². The fraction of sp³-hybridized carbons (Fsp3) is 0.750. The maximum Gasteiger partial charge on any atom is 0.191 e. The van der Waals surface area contributed by atoms with E-state index in [9.17, 15) is 0 Å². The van der Waals surface area contributed by atoms with Crippen molar-refractivity contribution in [2.75, 3.05) is 13.1 Å². The number of hydrogen-bond acceptors (Lipinski definition) is 2. The van der Waals surface area contributed by atoms with Gasteiger partial charge in [-0.25, -0.2) is 9.98 Å². The second-order valence-corrected chi connectivity index (χ2v) is 6.19. The zero-order valence-electron chi connectivity index (χ0n) is 14.2. The van der Waals surface area contributed by atoms with Gasteiger partial charge >= 0.3 is 0 Å². The SMILES string of the molecule is CCNC(=NCc1nccn1CC(C)C)NCCC(C)C. The number of aromatic nitrogens is 2. The fourth-order valence-electron chi connectivity index (χ4n) is 2.02. The molecule has 0 amide bonds. The summed E-state index contributed by atoms with van der Waals surface area (Å²) in [6, 6.07) is 0. The Morgan fingerprint density at radius 3 is 2.62 bits per heavy atom. The van der Waals surface area contributed by atoms with E-state index in [1.54, 1.807) is 0 Å². The largest absolute Gasteiger partial charge is 0.357 e. The summed E-state index contributed by atoms with van der Waals surface area (Å²) in [6.45, 7) is 14.4. The molecule has 5 nitrogen and oxygen atoms in total. The van der Waals surface area contributed by atoms with Crippen LogP contribution in [0.3, 0.4) is 0 Å². The van der Waals surface area contributed by atoms with Gasteiger partial charge in [0.15, 0.2) is 5.96 Å². The normalized spacial score (nSPS) is 12.2. The summed E-state index contributed by atoms with van der Waals surface area (Å²) in [5.74, 6) is 3.20. The highest BCUT2D eigenvalue weighted by Crippen LogP contribution is 2.05. The molecule has 0 saturated heterocycles. The Morgan fingerprint density at radius 1 is 1.24 bits per heavy atom. The van der Waals surface area contributed by atoms with Gasteiger partial charge in [0.1, 0.15) is 12.4 Å². The molecule has 0 aliphatic heterocycles. The van der Waals surface area contributed by atoms with Crippen molar-refractivity contribution < 1.29 is 0 Å². The average molecular weight is 293 g/mol. The minimum absolute atomic E-state index is 0.608. The van der Waals surface area contributed by atoms with Crippen LogP contribution in [0.1, 0.15) is 46.9 Å². The maximum absolute atomic E-state index is 4.63. The Bertz CT molecular complexity index is 420. The molecule has 0 bridgehead atoms. The van der Waals surface area contributed by atoms with Crippen LogP contribution in [0.2, 0.25) is 0 Å². The lowest BCUT2D eigenvalue weighted by Crippen LogP contribution is -2.38. The molecule has 1 rings (SSSR count). The van der Waals surface area contributed by atoms with Crippen molar-refractivity contribution in [3.05, 3.63) is 18.2 Å². The van der Waals surface area contributed by atoms with E-state index in [0.29, 0.717) is 18.4 Å². The van der Waals surface area contributed by atoms with Gasteiger partial charge in [-0.15, -0.1) is 0 Å². The molecule has 1 aromatic heterocycles. The van der Waals surface area contributed by atoms with Crippen LogP contribution in [0, 0.1) is 11.8 Å². The molecule has 21 heavy (non-hydrogen) atoms. The molecule has 1 aromatic rings. The summed E-state index contributed by atoms with van der Waals surface area (Å²) in [7, 11) is 0. The molecule has 0 aromatic carbocycles. The molecule has 2 N–H and O–H groups in total. The number of imidazole rings is 1. The molecule has 0 radical (unpaired) electrons. The minimum Gasteiger partial charge on any atom is -0.357 e. The van der Waals surface area contributed by atoms with Gasteiger partial charge in [0.2, 0.25) is 0 Å². The third-order valence-electron chi connectivity index (χ3n) is 3.10. The van der Waals surface area contributed by atoms with Gasteiger partial charge in [-0.1, -0.05) is 27.7 Å². The molecule has 5 heteroatoms. The van der Waals surface area contributed by atoms with Gasteiger partial charge < -0.3 is 15.2 Å². The van der Waals surface area contributed by atoms with Crippen molar-refractivity contribution in [2.45, 2.75) is 54.1 Å². The predicted octanol–water partition coefficient (Wildman–Crippen LogP) is 2.64. The van der Waals surface area contributed by atoms with Crippen LogP contribution < -0.4 is 10.6 Å². The number of hydrogen-bond donors (Lipinski definition) is 2. The van der Waals surface area contributed by atoms with Crippen molar-refractivity contribution in [2.24, 2.45) is 16.8 Å². The fourth-order valence-corrected chi connectivity index (χ4v) is 2.02. The van der Waals surface area contributed by atoms with E-state index < -0.39 is 0 Å². The second kappa shape index (κ2) is 9.42. The average Bonchev–Trinajstić information content (AvgIpc) is 2.82. The first-order chi connectivity index (χ1) is 10.0. The van der Waals surface area contributed by atoms with Gasteiger partial charge in [0.25, 0.3) is 0 Å². The molecule has 0 atom stereocenters. The third-order valence-corrected chi connectivity index (χ3v) is 3.10. The van der Waals surface area contributed by atoms with Crippen LogP contribution in [0.5, 0.6) is 0 Å². The van der Waals surface area contributed by atoms with E-state index in [4.69, 9.17) is 0 Å². The Morgan fingerprint density at radius 2 is 2.00 bits per heavy atom. The molecule has 0 aliphatic rings. The van der Waals surface area contributed by atoms with Gasteiger partial charge in [-0.05, 0) is 25.2 Å². The summed E-state index contributed by atoms with van der Waals surface area (Å²) in [4.78, 5) is 9.04. The highest BCUT2D eigenvalue weighted by molar-refractivity contribution is 5.79. The maximum atomic E-state index is 4.63. The quantitative estimate of drug-likeness (QED) is 0.572.